The molecule has 3 rings (SSSR count). The highest BCUT2D eigenvalue weighted by Crippen LogP contribution is 2.73. The van der Waals surface area contributed by atoms with Crippen molar-refractivity contribution in [3.8, 4) is 0 Å². The molecule has 0 aromatic heterocycles. The van der Waals surface area contributed by atoms with E-state index in [9.17, 15) is 9.90 Å². The van der Waals surface area contributed by atoms with Gasteiger partial charge in [0.1, 0.15) is 0 Å². The third-order valence-corrected chi connectivity index (χ3v) is 5.96. The molecule has 3 aliphatic rings. The normalized spacial score (nSPS) is 51.4. The molecule has 2 nitrogen and oxygen atoms in total. The maximum Gasteiger partial charge on any atom is 0.159 e. The summed E-state index contributed by atoms with van der Waals surface area (Å²) in [5, 5.41) is 10.2. The third kappa shape index (κ3) is 1.17. The van der Waals surface area contributed by atoms with E-state index in [4.69, 9.17) is 0 Å². The van der Waals surface area contributed by atoms with Crippen LogP contribution in [-0.2, 0) is 4.79 Å². The van der Waals surface area contributed by atoms with Crippen molar-refractivity contribution in [2.24, 2.45) is 28.6 Å². The number of rotatable bonds is 0. The summed E-state index contributed by atoms with van der Waals surface area (Å²) in [6.07, 6.45) is 3.27. The van der Waals surface area contributed by atoms with Gasteiger partial charge in [0, 0.05) is 5.92 Å². The van der Waals surface area contributed by atoms with Crippen molar-refractivity contribution in [3.05, 3.63) is 11.6 Å². The standard InChI is InChI=1S/C15H22O2/c1-8-5-6-10(16)9-7-11(17)12-13(14(12,2)3)15(8,9)4/h7-8,10,12-13,16H,5-6H2,1-4H3/t8-,10?,12-,13+,15+/m0/s1. The highest BCUT2D eigenvalue weighted by atomic mass is 16.3. The van der Waals surface area contributed by atoms with Crippen LogP contribution in [0.2, 0.25) is 0 Å². The summed E-state index contributed by atoms with van der Waals surface area (Å²) < 4.78 is 0. The fourth-order valence-electron chi connectivity index (χ4n) is 4.78. The molecule has 0 bridgehead atoms. The second-order valence-corrected chi connectivity index (χ2v) is 7.06. The van der Waals surface area contributed by atoms with Crippen molar-refractivity contribution in [3.63, 3.8) is 0 Å². The lowest BCUT2D eigenvalue weighted by Crippen LogP contribution is -2.43. The summed E-state index contributed by atoms with van der Waals surface area (Å²) in [5.41, 5.74) is 1.18. The summed E-state index contributed by atoms with van der Waals surface area (Å²) >= 11 is 0. The molecular formula is C15H22O2. The predicted octanol–water partition coefficient (Wildman–Crippen LogP) is 2.56. The van der Waals surface area contributed by atoms with Crippen LogP contribution in [0.3, 0.4) is 0 Å². The Kier molecular flexibility index (Phi) is 2.04. The van der Waals surface area contributed by atoms with Crippen LogP contribution in [0.25, 0.3) is 0 Å². The molecule has 0 aliphatic heterocycles. The van der Waals surface area contributed by atoms with Crippen molar-refractivity contribution < 1.29 is 9.90 Å². The van der Waals surface area contributed by atoms with Crippen LogP contribution in [0.4, 0.5) is 0 Å². The van der Waals surface area contributed by atoms with Gasteiger partial charge in [-0.25, -0.2) is 0 Å². The van der Waals surface area contributed by atoms with Gasteiger partial charge in [-0.1, -0.05) is 27.7 Å². The number of ketones is 1. The van der Waals surface area contributed by atoms with Crippen LogP contribution in [0, 0.1) is 28.6 Å². The first kappa shape index (κ1) is 11.5. The smallest absolute Gasteiger partial charge is 0.159 e. The third-order valence-electron chi connectivity index (χ3n) is 5.96. The lowest BCUT2D eigenvalue weighted by Gasteiger charge is -2.47. The Hall–Kier alpha value is -0.630. The largest absolute Gasteiger partial charge is 0.389 e. The fourth-order valence-corrected chi connectivity index (χ4v) is 4.78. The van der Waals surface area contributed by atoms with Gasteiger partial charge in [0.15, 0.2) is 5.78 Å². The Bertz CT molecular complexity index is 421. The van der Waals surface area contributed by atoms with E-state index >= 15 is 0 Å². The topological polar surface area (TPSA) is 37.3 Å². The lowest BCUT2D eigenvalue weighted by atomic mass is 9.58. The minimum absolute atomic E-state index is 0.0414. The first-order valence-electron chi connectivity index (χ1n) is 6.75. The summed E-state index contributed by atoms with van der Waals surface area (Å²) in [4.78, 5) is 12.1. The highest BCUT2D eigenvalue weighted by molar-refractivity contribution is 5.97. The highest BCUT2D eigenvalue weighted by Gasteiger charge is 2.71. The first-order valence-corrected chi connectivity index (χ1v) is 6.75. The molecule has 0 amide bonds. The summed E-state index contributed by atoms with van der Waals surface area (Å²) in [6.45, 7) is 8.96. The van der Waals surface area contributed by atoms with E-state index in [1.807, 2.05) is 0 Å². The average molecular weight is 234 g/mol. The average Bonchev–Trinajstić information content (AvgIpc) is 2.83. The maximum atomic E-state index is 12.1. The van der Waals surface area contributed by atoms with Gasteiger partial charge < -0.3 is 5.11 Å². The van der Waals surface area contributed by atoms with Crippen LogP contribution >= 0.6 is 0 Å². The molecule has 0 aromatic rings. The first-order chi connectivity index (χ1) is 7.81. The Morgan fingerprint density at radius 1 is 1.29 bits per heavy atom. The second-order valence-electron chi connectivity index (χ2n) is 7.06. The monoisotopic (exact) mass is 234 g/mol. The zero-order valence-corrected chi connectivity index (χ0v) is 11.2. The molecule has 1 N–H and O–H groups in total. The molecule has 3 aliphatic carbocycles. The molecular weight excluding hydrogens is 212 g/mol. The molecule has 0 radical (unpaired) electrons. The SMILES string of the molecule is C[C@H]1CCC(O)C2=CC(=O)[C@H]3[C@H](C3(C)C)[C@@]21C. The Balaban J connectivity index is 2.12. The van der Waals surface area contributed by atoms with Crippen molar-refractivity contribution in [2.45, 2.75) is 46.6 Å². The maximum absolute atomic E-state index is 12.1. The minimum Gasteiger partial charge on any atom is -0.389 e. The van der Waals surface area contributed by atoms with E-state index in [-0.39, 0.29) is 22.5 Å². The summed E-state index contributed by atoms with van der Waals surface area (Å²) in [5.74, 6) is 1.46. The van der Waals surface area contributed by atoms with Gasteiger partial charge in [0.2, 0.25) is 0 Å². The molecule has 0 saturated heterocycles. The van der Waals surface area contributed by atoms with E-state index < -0.39 is 6.10 Å². The van der Waals surface area contributed by atoms with Crippen LogP contribution in [0.15, 0.2) is 11.6 Å². The van der Waals surface area contributed by atoms with E-state index in [1.54, 1.807) is 6.08 Å². The van der Waals surface area contributed by atoms with Gasteiger partial charge in [-0.05, 0) is 47.2 Å². The second kappa shape index (κ2) is 3.03. The van der Waals surface area contributed by atoms with Crippen molar-refractivity contribution >= 4 is 5.78 Å². The summed E-state index contributed by atoms with van der Waals surface area (Å²) in [6, 6.07) is 0. The number of allylic oxidation sites excluding steroid dienone is 1. The van der Waals surface area contributed by atoms with E-state index in [1.165, 1.54) is 0 Å². The van der Waals surface area contributed by atoms with Crippen LogP contribution < -0.4 is 0 Å². The van der Waals surface area contributed by atoms with Crippen LogP contribution in [0.1, 0.15) is 40.5 Å². The fraction of sp³-hybridized carbons (Fsp3) is 0.800. The number of hydrogen-bond acceptors (Lipinski definition) is 2. The van der Waals surface area contributed by atoms with E-state index in [0.29, 0.717) is 11.8 Å². The number of aliphatic hydroxyl groups is 1. The zero-order chi connectivity index (χ0) is 12.6. The van der Waals surface area contributed by atoms with Crippen molar-refractivity contribution in [1.29, 1.82) is 0 Å². The van der Waals surface area contributed by atoms with Crippen LogP contribution in [-0.4, -0.2) is 17.0 Å². The van der Waals surface area contributed by atoms with Crippen molar-refractivity contribution in [1.82, 2.24) is 0 Å². The Morgan fingerprint density at radius 3 is 2.59 bits per heavy atom. The van der Waals surface area contributed by atoms with Gasteiger partial charge >= 0.3 is 0 Å². The van der Waals surface area contributed by atoms with Gasteiger partial charge in [0.25, 0.3) is 0 Å². The van der Waals surface area contributed by atoms with Crippen LogP contribution in [0.5, 0.6) is 0 Å². The molecule has 2 fully saturated rings. The Morgan fingerprint density at radius 2 is 1.94 bits per heavy atom. The molecule has 94 valence electrons. The van der Waals surface area contributed by atoms with Gasteiger partial charge in [-0.3, -0.25) is 4.79 Å². The molecule has 0 spiro atoms. The number of hydrogen-bond donors (Lipinski definition) is 1. The number of carbonyl (C=O) groups excluding carboxylic acids is 1. The molecule has 2 saturated carbocycles. The quantitative estimate of drug-likeness (QED) is 0.699. The number of fused-ring (bicyclic) bond motifs is 3. The molecule has 5 atom stereocenters. The number of carbonyl (C=O) groups is 1. The van der Waals surface area contributed by atoms with E-state index in [2.05, 4.69) is 27.7 Å². The van der Waals surface area contributed by atoms with Crippen molar-refractivity contribution in [2.75, 3.05) is 0 Å². The van der Waals surface area contributed by atoms with Gasteiger partial charge in [0.05, 0.1) is 6.10 Å². The van der Waals surface area contributed by atoms with Gasteiger partial charge in [-0.2, -0.15) is 0 Å². The molecule has 1 unspecified atom stereocenters. The van der Waals surface area contributed by atoms with Gasteiger partial charge in [-0.15, -0.1) is 0 Å². The molecule has 0 heterocycles. The molecule has 17 heavy (non-hydrogen) atoms. The minimum atomic E-state index is -0.391. The Labute approximate surface area is 103 Å². The predicted molar refractivity (Wildman–Crippen MR) is 66.4 cm³/mol. The zero-order valence-electron chi connectivity index (χ0n) is 11.2. The lowest BCUT2D eigenvalue weighted by molar-refractivity contribution is -0.118. The molecule has 0 aromatic carbocycles. The number of aliphatic hydroxyl groups excluding tert-OH is 1. The van der Waals surface area contributed by atoms with E-state index in [0.717, 1.165) is 18.4 Å². The molecule has 2 heteroatoms. The summed E-state index contributed by atoms with van der Waals surface area (Å²) in [7, 11) is 0.